The molecule has 3 nitrogen and oxygen atoms in total. The van der Waals surface area contributed by atoms with E-state index in [9.17, 15) is 13.6 Å². The highest BCUT2D eigenvalue weighted by Crippen LogP contribution is 2.32. The minimum atomic E-state index is -2.97. The van der Waals surface area contributed by atoms with Crippen molar-refractivity contribution in [1.82, 2.24) is 4.98 Å². The normalized spacial score (nSPS) is 10.1. The second-order valence-electron chi connectivity index (χ2n) is 2.43. The van der Waals surface area contributed by atoms with Gasteiger partial charge in [0, 0.05) is 6.20 Å². The van der Waals surface area contributed by atoms with E-state index in [2.05, 4.69) is 4.98 Å². The first-order valence-electron chi connectivity index (χ1n) is 3.55. The number of rotatable bonds is 2. The Labute approximate surface area is 93.2 Å². The van der Waals surface area contributed by atoms with Crippen LogP contribution in [0.3, 0.4) is 0 Å². The van der Waals surface area contributed by atoms with Gasteiger partial charge in [-0.2, -0.15) is 5.26 Å². The van der Waals surface area contributed by atoms with Gasteiger partial charge in [0.1, 0.15) is 11.8 Å². The average molecular weight is 251 g/mol. The van der Waals surface area contributed by atoms with Crippen LogP contribution < -0.4 is 0 Å². The number of hydrogen-bond donors (Lipinski definition) is 0. The molecule has 78 valence electrons. The Morgan fingerprint density at radius 3 is 2.60 bits per heavy atom. The number of aromatic nitrogens is 1. The van der Waals surface area contributed by atoms with Crippen LogP contribution in [0.1, 0.15) is 28.0 Å². The molecule has 0 fully saturated rings. The third-order valence-corrected chi connectivity index (χ3v) is 2.14. The number of nitriles is 1. The molecular weight excluding hydrogens is 249 g/mol. The molecule has 1 aromatic heterocycles. The molecule has 0 spiro atoms. The van der Waals surface area contributed by atoms with E-state index in [4.69, 9.17) is 28.5 Å². The summed E-state index contributed by atoms with van der Waals surface area (Å²) in [5, 5.41) is 6.89. The minimum Gasteiger partial charge on any atom is -0.274 e. The van der Waals surface area contributed by atoms with Crippen LogP contribution in [0.5, 0.6) is 0 Å². The second kappa shape index (κ2) is 4.51. The molecule has 1 heterocycles. The lowest BCUT2D eigenvalue weighted by Gasteiger charge is -2.06. The van der Waals surface area contributed by atoms with E-state index in [0.717, 1.165) is 6.20 Å². The monoisotopic (exact) mass is 250 g/mol. The number of pyridine rings is 1. The minimum absolute atomic E-state index is 0.378. The number of carbonyl (C=O) groups excluding carboxylic acids is 1. The van der Waals surface area contributed by atoms with Crippen LogP contribution in [0.4, 0.5) is 8.78 Å². The third-order valence-electron chi connectivity index (χ3n) is 1.58. The van der Waals surface area contributed by atoms with Crippen molar-refractivity contribution in [3.63, 3.8) is 0 Å². The van der Waals surface area contributed by atoms with Gasteiger partial charge in [-0.15, -0.1) is 0 Å². The highest BCUT2D eigenvalue weighted by Gasteiger charge is 2.23. The standard InChI is InChI=1S/C8H2Cl2F2N2O/c9-5-4(8(11)12)3(1-13)2-14-6(5)7(10)15/h2,8H. The molecule has 1 rings (SSSR count). The van der Waals surface area contributed by atoms with Gasteiger partial charge in [0.05, 0.1) is 16.1 Å². The molecule has 0 atom stereocenters. The maximum absolute atomic E-state index is 12.5. The van der Waals surface area contributed by atoms with E-state index in [-0.39, 0.29) is 5.56 Å². The SMILES string of the molecule is N#Cc1cnc(C(=O)Cl)c(Cl)c1C(F)F. The summed E-state index contributed by atoms with van der Waals surface area (Å²) in [7, 11) is 0. The molecule has 0 saturated heterocycles. The van der Waals surface area contributed by atoms with E-state index in [1.165, 1.54) is 6.07 Å². The number of halogens is 4. The summed E-state index contributed by atoms with van der Waals surface area (Å²) in [6.07, 6.45) is -2.13. The Kier molecular flexibility index (Phi) is 3.56. The number of alkyl halides is 2. The zero-order valence-corrected chi connectivity index (χ0v) is 8.48. The average Bonchev–Trinajstić information content (AvgIpc) is 2.15. The molecule has 0 aliphatic rings. The zero-order valence-electron chi connectivity index (χ0n) is 6.97. The molecule has 0 saturated carbocycles. The van der Waals surface area contributed by atoms with Crippen molar-refractivity contribution < 1.29 is 13.6 Å². The van der Waals surface area contributed by atoms with Gasteiger partial charge in [-0.1, -0.05) is 11.6 Å². The molecular formula is C8H2Cl2F2N2O. The van der Waals surface area contributed by atoms with Crippen molar-refractivity contribution in [3.05, 3.63) is 28.0 Å². The van der Waals surface area contributed by atoms with Crippen LogP contribution in [0.2, 0.25) is 5.02 Å². The van der Waals surface area contributed by atoms with Gasteiger partial charge < -0.3 is 0 Å². The topological polar surface area (TPSA) is 53.8 Å². The van der Waals surface area contributed by atoms with E-state index in [1.54, 1.807) is 0 Å². The highest BCUT2D eigenvalue weighted by atomic mass is 35.5. The van der Waals surface area contributed by atoms with E-state index in [0.29, 0.717) is 0 Å². The van der Waals surface area contributed by atoms with Gasteiger partial charge in [0.2, 0.25) is 0 Å². The lowest BCUT2D eigenvalue weighted by Crippen LogP contribution is -2.02. The fourth-order valence-corrected chi connectivity index (χ4v) is 1.45. The Balaban J connectivity index is 3.51. The largest absolute Gasteiger partial charge is 0.274 e. The lowest BCUT2D eigenvalue weighted by atomic mass is 10.1. The lowest BCUT2D eigenvalue weighted by molar-refractivity contribution is 0.107. The first-order valence-corrected chi connectivity index (χ1v) is 4.31. The summed E-state index contributed by atoms with van der Waals surface area (Å²) in [5.74, 6) is 0. The van der Waals surface area contributed by atoms with Crippen molar-refractivity contribution in [3.8, 4) is 6.07 Å². The summed E-state index contributed by atoms with van der Waals surface area (Å²) in [5.41, 5.74) is -1.58. The molecule has 0 bridgehead atoms. The Morgan fingerprint density at radius 2 is 2.20 bits per heavy atom. The molecule has 1 aromatic rings. The van der Waals surface area contributed by atoms with Gasteiger partial charge in [-0.3, -0.25) is 4.79 Å². The molecule has 0 amide bonds. The van der Waals surface area contributed by atoms with Gasteiger partial charge in [-0.05, 0) is 11.6 Å². The van der Waals surface area contributed by atoms with Crippen LogP contribution in [-0.4, -0.2) is 10.2 Å². The quantitative estimate of drug-likeness (QED) is 0.759. The van der Waals surface area contributed by atoms with Crippen molar-refractivity contribution in [2.24, 2.45) is 0 Å². The van der Waals surface area contributed by atoms with Crippen LogP contribution in [0.25, 0.3) is 0 Å². The maximum atomic E-state index is 12.5. The predicted molar refractivity (Wildman–Crippen MR) is 49.1 cm³/mol. The molecule has 0 N–H and O–H groups in total. The molecule has 0 aliphatic heterocycles. The summed E-state index contributed by atoms with van der Waals surface area (Å²) < 4.78 is 25.0. The molecule has 0 radical (unpaired) electrons. The Bertz CT molecular complexity index is 457. The van der Waals surface area contributed by atoms with Gasteiger partial charge in [-0.25, -0.2) is 13.8 Å². The number of hydrogen-bond acceptors (Lipinski definition) is 3. The summed E-state index contributed by atoms with van der Waals surface area (Å²) in [4.78, 5) is 14.2. The maximum Gasteiger partial charge on any atom is 0.272 e. The Hall–Kier alpha value is -1.25. The molecule has 0 unspecified atom stereocenters. The summed E-state index contributed by atoms with van der Waals surface area (Å²) in [6, 6.07) is 1.50. The number of carbonyl (C=O) groups is 1. The predicted octanol–water partition coefficient (Wildman–Crippen LogP) is 2.92. The molecule has 7 heteroatoms. The van der Waals surface area contributed by atoms with Gasteiger partial charge >= 0.3 is 0 Å². The van der Waals surface area contributed by atoms with Crippen LogP contribution >= 0.6 is 23.2 Å². The summed E-state index contributed by atoms with van der Waals surface area (Å²) >= 11 is 10.6. The number of nitrogens with zero attached hydrogens (tertiary/aromatic N) is 2. The van der Waals surface area contributed by atoms with Crippen LogP contribution in [0, 0.1) is 11.3 Å². The molecule has 15 heavy (non-hydrogen) atoms. The van der Waals surface area contributed by atoms with Crippen LogP contribution in [-0.2, 0) is 0 Å². The third kappa shape index (κ3) is 2.22. The second-order valence-corrected chi connectivity index (χ2v) is 3.16. The fraction of sp³-hybridized carbons (Fsp3) is 0.125. The smallest absolute Gasteiger partial charge is 0.272 e. The molecule has 0 aromatic carbocycles. The van der Waals surface area contributed by atoms with Crippen molar-refractivity contribution >= 4 is 28.4 Å². The summed E-state index contributed by atoms with van der Waals surface area (Å²) in [6.45, 7) is 0. The van der Waals surface area contributed by atoms with E-state index in [1.807, 2.05) is 0 Å². The van der Waals surface area contributed by atoms with Crippen molar-refractivity contribution in [1.29, 1.82) is 5.26 Å². The first kappa shape index (κ1) is 11.8. The van der Waals surface area contributed by atoms with Crippen LogP contribution in [0.15, 0.2) is 6.20 Å². The van der Waals surface area contributed by atoms with Crippen molar-refractivity contribution in [2.45, 2.75) is 6.43 Å². The van der Waals surface area contributed by atoms with Gasteiger partial charge in [0.25, 0.3) is 11.7 Å². The Morgan fingerprint density at radius 1 is 1.60 bits per heavy atom. The highest BCUT2D eigenvalue weighted by molar-refractivity contribution is 6.68. The van der Waals surface area contributed by atoms with E-state index < -0.39 is 27.9 Å². The first-order chi connectivity index (χ1) is 6.99. The zero-order chi connectivity index (χ0) is 11.6. The molecule has 0 aliphatic carbocycles. The fourth-order valence-electron chi connectivity index (χ4n) is 0.941. The van der Waals surface area contributed by atoms with Gasteiger partial charge in [0.15, 0.2) is 0 Å². The van der Waals surface area contributed by atoms with Crippen molar-refractivity contribution in [2.75, 3.05) is 0 Å². The van der Waals surface area contributed by atoms with E-state index >= 15 is 0 Å².